The Labute approximate surface area is 113 Å². The summed E-state index contributed by atoms with van der Waals surface area (Å²) in [5.41, 5.74) is 1.09. The van der Waals surface area contributed by atoms with Crippen LogP contribution in [0.15, 0.2) is 41.4 Å². The van der Waals surface area contributed by atoms with Gasteiger partial charge >= 0.3 is 0 Å². The largest absolute Gasteiger partial charge is 0.303 e. The Kier molecular flexibility index (Phi) is 5.02. The van der Waals surface area contributed by atoms with Crippen LogP contribution >= 0.6 is 11.8 Å². The van der Waals surface area contributed by atoms with E-state index < -0.39 is 0 Å². The predicted octanol–water partition coefficient (Wildman–Crippen LogP) is 3.67. The van der Waals surface area contributed by atoms with E-state index in [1.165, 1.54) is 5.39 Å². The lowest BCUT2D eigenvalue weighted by Gasteiger charge is -2.17. The number of nitrogens with zero attached hydrogens (tertiary/aromatic N) is 2. The molecule has 2 rings (SSSR count). The van der Waals surface area contributed by atoms with Crippen LogP contribution in [0.2, 0.25) is 0 Å². The molecule has 0 saturated heterocycles. The molecule has 0 radical (unpaired) electrons. The Morgan fingerprint density at radius 3 is 2.61 bits per heavy atom. The average Bonchev–Trinajstić information content (AvgIpc) is 2.43. The van der Waals surface area contributed by atoms with Crippen LogP contribution in [0.25, 0.3) is 10.9 Å². The summed E-state index contributed by atoms with van der Waals surface area (Å²) in [4.78, 5) is 7.11. The second-order valence-electron chi connectivity index (χ2n) is 4.22. The summed E-state index contributed by atoms with van der Waals surface area (Å²) in [6.45, 7) is 7.81. The molecule has 96 valence electrons. The number of benzene rings is 1. The second kappa shape index (κ2) is 6.76. The van der Waals surface area contributed by atoms with E-state index in [2.05, 4.69) is 54.1 Å². The number of rotatable bonds is 6. The van der Waals surface area contributed by atoms with E-state index in [1.54, 1.807) is 0 Å². The van der Waals surface area contributed by atoms with Gasteiger partial charge in [0.2, 0.25) is 0 Å². The lowest BCUT2D eigenvalue weighted by atomic mass is 10.2. The number of fused-ring (bicyclic) bond motifs is 1. The maximum atomic E-state index is 4.67. The standard InChI is InChI=1S/C15H20N2S/c1-3-17(4-2)11-12-18-15-10-9-13-7-5-6-8-14(13)16-15/h5-10H,3-4,11-12H2,1-2H3. The lowest BCUT2D eigenvalue weighted by Crippen LogP contribution is -2.25. The molecule has 0 atom stereocenters. The minimum absolute atomic E-state index is 1.09. The molecule has 0 unspecified atom stereocenters. The van der Waals surface area contributed by atoms with Gasteiger partial charge in [0, 0.05) is 17.7 Å². The van der Waals surface area contributed by atoms with Crippen LogP contribution in [0.4, 0.5) is 0 Å². The third kappa shape index (κ3) is 3.47. The molecule has 0 aliphatic heterocycles. The van der Waals surface area contributed by atoms with Gasteiger partial charge in [0.25, 0.3) is 0 Å². The molecule has 0 saturated carbocycles. The van der Waals surface area contributed by atoms with Crippen molar-refractivity contribution in [2.45, 2.75) is 18.9 Å². The van der Waals surface area contributed by atoms with Gasteiger partial charge in [-0.25, -0.2) is 4.98 Å². The van der Waals surface area contributed by atoms with Crippen molar-refractivity contribution in [2.75, 3.05) is 25.4 Å². The Morgan fingerprint density at radius 2 is 1.83 bits per heavy atom. The molecule has 1 aromatic carbocycles. The zero-order valence-corrected chi connectivity index (χ0v) is 11.9. The molecule has 0 aliphatic rings. The van der Waals surface area contributed by atoms with E-state index in [0.29, 0.717) is 0 Å². The monoisotopic (exact) mass is 260 g/mol. The van der Waals surface area contributed by atoms with Crippen molar-refractivity contribution in [3.05, 3.63) is 36.4 Å². The van der Waals surface area contributed by atoms with Crippen molar-refractivity contribution >= 4 is 22.7 Å². The summed E-state index contributed by atoms with van der Waals surface area (Å²) in [5.74, 6) is 1.10. The maximum absolute atomic E-state index is 4.67. The van der Waals surface area contributed by atoms with Crippen LogP contribution in [0, 0.1) is 0 Å². The molecule has 2 aromatic rings. The van der Waals surface area contributed by atoms with Gasteiger partial charge in [0.15, 0.2) is 0 Å². The topological polar surface area (TPSA) is 16.1 Å². The maximum Gasteiger partial charge on any atom is 0.0968 e. The smallest absolute Gasteiger partial charge is 0.0968 e. The van der Waals surface area contributed by atoms with Crippen molar-refractivity contribution in [3.63, 3.8) is 0 Å². The van der Waals surface area contributed by atoms with Gasteiger partial charge in [-0.3, -0.25) is 0 Å². The van der Waals surface area contributed by atoms with Crippen LogP contribution in [-0.4, -0.2) is 35.3 Å². The van der Waals surface area contributed by atoms with Crippen LogP contribution < -0.4 is 0 Å². The van der Waals surface area contributed by atoms with E-state index in [1.807, 2.05) is 17.8 Å². The fraction of sp³-hybridized carbons (Fsp3) is 0.400. The van der Waals surface area contributed by atoms with Crippen molar-refractivity contribution in [2.24, 2.45) is 0 Å². The van der Waals surface area contributed by atoms with Crippen molar-refractivity contribution < 1.29 is 0 Å². The number of hydrogen-bond donors (Lipinski definition) is 0. The number of pyridine rings is 1. The normalized spacial score (nSPS) is 11.3. The Hall–Kier alpha value is -1.06. The Morgan fingerprint density at radius 1 is 1.06 bits per heavy atom. The van der Waals surface area contributed by atoms with Crippen molar-refractivity contribution in [3.8, 4) is 0 Å². The molecule has 0 N–H and O–H groups in total. The average molecular weight is 260 g/mol. The van der Waals surface area contributed by atoms with E-state index >= 15 is 0 Å². The second-order valence-corrected chi connectivity index (χ2v) is 5.33. The van der Waals surface area contributed by atoms with E-state index in [9.17, 15) is 0 Å². The molecule has 0 amide bonds. The van der Waals surface area contributed by atoms with Crippen LogP contribution in [0.1, 0.15) is 13.8 Å². The first-order valence-electron chi connectivity index (χ1n) is 6.54. The van der Waals surface area contributed by atoms with E-state index in [-0.39, 0.29) is 0 Å². The highest BCUT2D eigenvalue weighted by Crippen LogP contribution is 2.19. The van der Waals surface area contributed by atoms with Crippen LogP contribution in [0.5, 0.6) is 0 Å². The summed E-state index contributed by atoms with van der Waals surface area (Å²) in [6.07, 6.45) is 0. The third-order valence-corrected chi connectivity index (χ3v) is 4.03. The molecular formula is C15H20N2S. The molecule has 1 aromatic heterocycles. The fourth-order valence-corrected chi connectivity index (χ4v) is 2.83. The highest BCUT2D eigenvalue weighted by molar-refractivity contribution is 7.99. The highest BCUT2D eigenvalue weighted by Gasteiger charge is 2.01. The van der Waals surface area contributed by atoms with Crippen LogP contribution in [-0.2, 0) is 0 Å². The van der Waals surface area contributed by atoms with Crippen molar-refractivity contribution in [1.29, 1.82) is 0 Å². The van der Waals surface area contributed by atoms with Gasteiger partial charge in [0.05, 0.1) is 10.5 Å². The quantitative estimate of drug-likeness (QED) is 0.737. The lowest BCUT2D eigenvalue weighted by molar-refractivity contribution is 0.324. The molecule has 18 heavy (non-hydrogen) atoms. The van der Waals surface area contributed by atoms with Gasteiger partial charge in [-0.1, -0.05) is 38.1 Å². The summed E-state index contributed by atoms with van der Waals surface area (Å²) >= 11 is 1.84. The minimum atomic E-state index is 1.09. The van der Waals surface area contributed by atoms with Gasteiger partial charge in [0.1, 0.15) is 0 Å². The first-order valence-corrected chi connectivity index (χ1v) is 7.53. The summed E-state index contributed by atoms with van der Waals surface area (Å²) in [7, 11) is 0. The zero-order valence-electron chi connectivity index (χ0n) is 11.1. The molecule has 0 fully saturated rings. The van der Waals surface area contributed by atoms with Gasteiger partial charge in [-0.15, -0.1) is 11.8 Å². The number of para-hydroxylation sites is 1. The SMILES string of the molecule is CCN(CC)CCSc1ccc2ccccc2n1. The third-order valence-electron chi connectivity index (χ3n) is 3.12. The minimum Gasteiger partial charge on any atom is -0.303 e. The van der Waals surface area contributed by atoms with Gasteiger partial charge in [-0.05, 0) is 25.2 Å². The van der Waals surface area contributed by atoms with Gasteiger partial charge < -0.3 is 4.90 Å². The highest BCUT2D eigenvalue weighted by atomic mass is 32.2. The number of thioether (sulfide) groups is 1. The molecule has 2 nitrogen and oxygen atoms in total. The molecule has 0 bridgehead atoms. The molecule has 1 heterocycles. The first kappa shape index (κ1) is 13.4. The van der Waals surface area contributed by atoms with E-state index in [4.69, 9.17) is 0 Å². The van der Waals surface area contributed by atoms with Crippen LogP contribution in [0.3, 0.4) is 0 Å². The summed E-state index contributed by atoms with van der Waals surface area (Å²) in [5, 5.41) is 2.34. The Balaban J connectivity index is 1.95. The number of hydrogen-bond acceptors (Lipinski definition) is 3. The van der Waals surface area contributed by atoms with Gasteiger partial charge in [-0.2, -0.15) is 0 Å². The molecule has 3 heteroatoms. The molecule has 0 spiro atoms. The summed E-state index contributed by atoms with van der Waals surface area (Å²) in [6, 6.07) is 12.5. The Bertz CT molecular complexity index is 495. The van der Waals surface area contributed by atoms with Crippen molar-refractivity contribution in [1.82, 2.24) is 9.88 Å². The molecule has 0 aliphatic carbocycles. The predicted molar refractivity (Wildman–Crippen MR) is 80.3 cm³/mol. The number of aromatic nitrogens is 1. The fourth-order valence-electron chi connectivity index (χ4n) is 1.95. The molecular weight excluding hydrogens is 240 g/mol. The van der Waals surface area contributed by atoms with E-state index in [0.717, 1.165) is 35.9 Å². The zero-order chi connectivity index (χ0) is 12.8. The first-order chi connectivity index (χ1) is 8.83. The summed E-state index contributed by atoms with van der Waals surface area (Å²) < 4.78 is 0.